The van der Waals surface area contributed by atoms with Crippen LogP contribution in [-0.4, -0.2) is 29.9 Å². The fourth-order valence-corrected chi connectivity index (χ4v) is 3.00. The van der Waals surface area contributed by atoms with Crippen LogP contribution in [0.15, 0.2) is 60.7 Å². The molecule has 2 atom stereocenters. The van der Waals surface area contributed by atoms with Crippen LogP contribution >= 0.6 is 0 Å². The highest BCUT2D eigenvalue weighted by atomic mass is 16.6. The van der Waals surface area contributed by atoms with Crippen molar-refractivity contribution in [2.75, 3.05) is 13.3 Å². The van der Waals surface area contributed by atoms with Crippen molar-refractivity contribution in [3.63, 3.8) is 0 Å². The normalized spacial score (nSPS) is 23.8. The highest BCUT2D eigenvalue weighted by Crippen LogP contribution is 2.25. The number of hydroxylamine groups is 3. The molecule has 0 aliphatic carbocycles. The second kappa shape index (κ2) is 7.04. The summed E-state index contributed by atoms with van der Waals surface area (Å²) in [6, 6.07) is 19.2. The van der Waals surface area contributed by atoms with Gasteiger partial charge in [-0.3, -0.25) is 4.65 Å². The highest BCUT2D eigenvalue weighted by Gasteiger charge is 2.41. The minimum atomic E-state index is -0.859. The molecular formula is C19H21NO3. The number of amides is 1. The molecule has 0 aromatic heterocycles. The molecule has 0 radical (unpaired) electrons. The van der Waals surface area contributed by atoms with Crippen LogP contribution in [0, 0.1) is 5.21 Å². The summed E-state index contributed by atoms with van der Waals surface area (Å²) >= 11 is 0. The Labute approximate surface area is 136 Å². The average molecular weight is 311 g/mol. The lowest BCUT2D eigenvalue weighted by atomic mass is 10.0. The average Bonchev–Trinajstić information content (AvgIpc) is 2.96. The number of quaternary nitrogens is 1. The number of hydrogen-bond acceptors (Lipinski definition) is 3. The van der Waals surface area contributed by atoms with E-state index in [4.69, 9.17) is 4.74 Å². The monoisotopic (exact) mass is 311 g/mol. The van der Waals surface area contributed by atoms with Crippen molar-refractivity contribution < 1.29 is 14.2 Å². The molecule has 1 unspecified atom stereocenters. The molecule has 0 N–H and O–H groups in total. The fourth-order valence-electron chi connectivity index (χ4n) is 3.00. The van der Waals surface area contributed by atoms with E-state index >= 15 is 0 Å². The van der Waals surface area contributed by atoms with E-state index in [2.05, 4.69) is 0 Å². The zero-order valence-electron chi connectivity index (χ0n) is 13.1. The van der Waals surface area contributed by atoms with E-state index in [0.29, 0.717) is 19.4 Å². The molecule has 1 aliphatic rings. The van der Waals surface area contributed by atoms with Crippen LogP contribution in [0.5, 0.6) is 0 Å². The van der Waals surface area contributed by atoms with Crippen molar-refractivity contribution in [3.05, 3.63) is 77.0 Å². The Bertz CT molecular complexity index is 644. The molecule has 0 bridgehead atoms. The van der Waals surface area contributed by atoms with Crippen molar-refractivity contribution in [3.8, 4) is 0 Å². The first kappa shape index (κ1) is 15.9. The van der Waals surface area contributed by atoms with Crippen molar-refractivity contribution in [2.24, 2.45) is 0 Å². The summed E-state index contributed by atoms with van der Waals surface area (Å²) in [6.45, 7) is 0.278. The molecule has 1 aliphatic heterocycles. The molecule has 4 nitrogen and oxygen atoms in total. The highest BCUT2D eigenvalue weighted by molar-refractivity contribution is 5.70. The van der Waals surface area contributed by atoms with Gasteiger partial charge in [0.05, 0.1) is 6.42 Å². The van der Waals surface area contributed by atoms with Gasteiger partial charge in [0.25, 0.3) is 0 Å². The van der Waals surface area contributed by atoms with Crippen LogP contribution in [0.25, 0.3) is 0 Å². The summed E-state index contributed by atoms with van der Waals surface area (Å²) in [5.74, 6) is -0.285. The van der Waals surface area contributed by atoms with E-state index in [1.165, 1.54) is 0 Å². The van der Waals surface area contributed by atoms with E-state index in [0.717, 1.165) is 11.1 Å². The van der Waals surface area contributed by atoms with Gasteiger partial charge in [0.15, 0.2) is 6.73 Å². The molecule has 2 aromatic rings. The molecule has 1 heterocycles. The van der Waals surface area contributed by atoms with E-state index in [9.17, 15) is 10.0 Å². The van der Waals surface area contributed by atoms with Gasteiger partial charge in [-0.15, -0.1) is 0 Å². The number of rotatable bonds is 5. The third-order valence-electron chi connectivity index (χ3n) is 4.39. The Kier molecular flexibility index (Phi) is 4.86. The molecule has 2 aromatic carbocycles. The van der Waals surface area contributed by atoms with Crippen LogP contribution in [0.1, 0.15) is 17.5 Å². The van der Waals surface area contributed by atoms with Gasteiger partial charge in [-0.2, -0.15) is 0 Å². The molecule has 4 heteroatoms. The topological polar surface area (TPSA) is 49.4 Å². The van der Waals surface area contributed by atoms with Gasteiger partial charge in [0.1, 0.15) is 12.6 Å². The number of ether oxygens (including phenoxy) is 1. The third-order valence-corrected chi connectivity index (χ3v) is 4.39. The number of benzene rings is 2. The van der Waals surface area contributed by atoms with Crippen LogP contribution in [-0.2, 0) is 22.4 Å². The lowest BCUT2D eigenvalue weighted by Gasteiger charge is -2.39. The number of hydrogen-bond donors (Lipinski definition) is 0. The van der Waals surface area contributed by atoms with Gasteiger partial charge in [-0.05, 0) is 17.5 Å². The van der Waals surface area contributed by atoms with Crippen molar-refractivity contribution in [2.45, 2.75) is 25.3 Å². The van der Waals surface area contributed by atoms with Gasteiger partial charge >= 0.3 is 5.91 Å². The quantitative estimate of drug-likeness (QED) is 0.630. The summed E-state index contributed by atoms with van der Waals surface area (Å²) in [6.07, 6.45) is 1.42. The second-order valence-electron chi connectivity index (χ2n) is 6.02. The van der Waals surface area contributed by atoms with Crippen molar-refractivity contribution in [1.82, 2.24) is 0 Å². The first-order valence-electron chi connectivity index (χ1n) is 7.96. The van der Waals surface area contributed by atoms with E-state index in [1.807, 2.05) is 60.7 Å². The van der Waals surface area contributed by atoms with Gasteiger partial charge in [-0.1, -0.05) is 60.7 Å². The fraction of sp³-hybridized carbons (Fsp3) is 0.316. The van der Waals surface area contributed by atoms with E-state index < -0.39 is 4.65 Å². The lowest BCUT2D eigenvalue weighted by molar-refractivity contribution is -0.825. The summed E-state index contributed by atoms with van der Waals surface area (Å²) in [5.41, 5.74) is 2.14. The first-order valence-corrected chi connectivity index (χ1v) is 7.96. The van der Waals surface area contributed by atoms with E-state index in [1.54, 1.807) is 0 Å². The Morgan fingerprint density at radius 3 is 2.30 bits per heavy atom. The minimum absolute atomic E-state index is 0.0644. The Morgan fingerprint density at radius 2 is 1.65 bits per heavy atom. The van der Waals surface area contributed by atoms with Crippen molar-refractivity contribution >= 4 is 5.91 Å². The second-order valence-corrected chi connectivity index (χ2v) is 6.02. The predicted octanol–water partition coefficient (Wildman–Crippen LogP) is 3.06. The molecule has 1 amide bonds. The molecule has 0 saturated carbocycles. The Hall–Kier alpha value is -2.01. The smallest absolute Gasteiger partial charge is 0.316 e. The molecule has 120 valence electrons. The van der Waals surface area contributed by atoms with Gasteiger partial charge in [0, 0.05) is 6.42 Å². The molecule has 0 spiro atoms. The maximum absolute atomic E-state index is 13.0. The van der Waals surface area contributed by atoms with Crippen LogP contribution < -0.4 is 0 Å². The summed E-state index contributed by atoms with van der Waals surface area (Å²) in [5, 5.41) is 13.0. The zero-order valence-corrected chi connectivity index (χ0v) is 13.1. The summed E-state index contributed by atoms with van der Waals surface area (Å²) in [4.78, 5) is 12.5. The predicted molar refractivity (Wildman–Crippen MR) is 88.2 cm³/mol. The molecule has 23 heavy (non-hydrogen) atoms. The van der Waals surface area contributed by atoms with Gasteiger partial charge in [-0.25, -0.2) is 4.79 Å². The van der Waals surface area contributed by atoms with Gasteiger partial charge in [0.2, 0.25) is 0 Å². The number of carbonyl (C=O) groups excluding carboxylic acids is 1. The van der Waals surface area contributed by atoms with Crippen LogP contribution in [0.4, 0.5) is 0 Å². The third kappa shape index (κ3) is 3.67. The van der Waals surface area contributed by atoms with Crippen LogP contribution in [0.2, 0.25) is 0 Å². The molecular weight excluding hydrogens is 290 g/mol. The lowest BCUT2D eigenvalue weighted by Crippen LogP contribution is -2.52. The number of nitrogens with zero attached hydrogens (tertiary/aromatic N) is 1. The van der Waals surface area contributed by atoms with Crippen LogP contribution in [0.3, 0.4) is 0 Å². The SMILES string of the molecule is O=C(CCc1ccccc1)[N+]1([O-])COC[C@@H]1Cc1ccccc1. The summed E-state index contributed by atoms with van der Waals surface area (Å²) in [7, 11) is 0. The standard InChI is InChI=1S/C19H21NO3/c21-19(12-11-16-7-3-1-4-8-16)20(22)15-23-14-18(20)13-17-9-5-2-6-10-17/h1-10,18H,11-15H2/t18-,20?/m0/s1. The molecule has 1 saturated heterocycles. The largest absolute Gasteiger partial charge is 0.623 e. The molecule has 3 rings (SSSR count). The number of aryl methyl sites for hydroxylation is 1. The Morgan fingerprint density at radius 1 is 1.04 bits per heavy atom. The molecule has 1 fully saturated rings. The first-order chi connectivity index (χ1) is 11.2. The maximum atomic E-state index is 13.0. The summed E-state index contributed by atoms with van der Waals surface area (Å²) < 4.78 is 4.50. The Balaban J connectivity index is 1.65. The minimum Gasteiger partial charge on any atom is -0.623 e. The van der Waals surface area contributed by atoms with Gasteiger partial charge < -0.3 is 9.94 Å². The maximum Gasteiger partial charge on any atom is 0.316 e. The van der Waals surface area contributed by atoms with Crippen molar-refractivity contribution in [1.29, 1.82) is 0 Å². The number of carbonyl (C=O) groups is 1. The zero-order chi connectivity index (χ0) is 16.1. The van der Waals surface area contributed by atoms with E-state index in [-0.39, 0.29) is 25.1 Å².